The summed E-state index contributed by atoms with van der Waals surface area (Å²) in [4.78, 5) is 11.1. The summed E-state index contributed by atoms with van der Waals surface area (Å²) >= 11 is 3.45. The van der Waals surface area contributed by atoms with Gasteiger partial charge in [0, 0.05) is 29.5 Å². The van der Waals surface area contributed by atoms with Gasteiger partial charge >= 0.3 is 0 Å². The van der Waals surface area contributed by atoms with Crippen LogP contribution in [0.1, 0.15) is 37.8 Å². The van der Waals surface area contributed by atoms with Crippen LogP contribution in [0.5, 0.6) is 0 Å². The lowest BCUT2D eigenvalue weighted by Crippen LogP contribution is -2.46. The Morgan fingerprint density at radius 2 is 2.17 bits per heavy atom. The average molecular weight is 311 g/mol. The number of nitrogens with one attached hydrogen (secondary N) is 2. The molecule has 2 rings (SSSR count). The molecule has 2 N–H and O–H groups in total. The van der Waals surface area contributed by atoms with Gasteiger partial charge in [0.15, 0.2) is 0 Å². The van der Waals surface area contributed by atoms with E-state index in [-0.39, 0.29) is 5.91 Å². The Bertz CT molecular complexity index is 395. The van der Waals surface area contributed by atoms with Gasteiger partial charge in [0.05, 0.1) is 0 Å². The maximum Gasteiger partial charge on any atom is 0.220 e. The first-order valence-corrected chi connectivity index (χ1v) is 7.26. The fourth-order valence-corrected chi connectivity index (χ4v) is 2.57. The SMILES string of the molecule is CCC(NC1CCC(=O)NC1)c1ccc(Br)cc1. The van der Waals surface area contributed by atoms with Gasteiger partial charge in [-0.25, -0.2) is 0 Å². The number of amides is 1. The van der Waals surface area contributed by atoms with Crippen molar-refractivity contribution < 1.29 is 4.79 Å². The minimum atomic E-state index is 0.171. The number of benzene rings is 1. The second kappa shape index (κ2) is 6.34. The molecule has 0 saturated carbocycles. The van der Waals surface area contributed by atoms with Crippen LogP contribution in [0.25, 0.3) is 0 Å². The Morgan fingerprint density at radius 1 is 1.44 bits per heavy atom. The summed E-state index contributed by atoms with van der Waals surface area (Å²) in [6.45, 7) is 2.92. The first-order valence-electron chi connectivity index (χ1n) is 6.47. The summed E-state index contributed by atoms with van der Waals surface area (Å²) in [5, 5.41) is 6.55. The van der Waals surface area contributed by atoms with Crippen molar-refractivity contribution in [2.24, 2.45) is 0 Å². The Balaban J connectivity index is 1.96. The van der Waals surface area contributed by atoms with Crippen LogP contribution in [0.15, 0.2) is 28.7 Å². The van der Waals surface area contributed by atoms with Gasteiger partial charge in [-0.05, 0) is 30.5 Å². The molecular weight excluding hydrogens is 292 g/mol. The van der Waals surface area contributed by atoms with E-state index < -0.39 is 0 Å². The largest absolute Gasteiger partial charge is 0.355 e. The number of rotatable bonds is 4. The molecule has 1 amide bonds. The maximum absolute atomic E-state index is 11.1. The summed E-state index contributed by atoms with van der Waals surface area (Å²) in [7, 11) is 0. The first-order chi connectivity index (χ1) is 8.69. The molecule has 1 aromatic carbocycles. The highest BCUT2D eigenvalue weighted by Gasteiger charge is 2.20. The second-order valence-electron chi connectivity index (χ2n) is 4.72. The molecule has 0 radical (unpaired) electrons. The molecule has 0 bridgehead atoms. The van der Waals surface area contributed by atoms with Crippen LogP contribution in [0.3, 0.4) is 0 Å². The van der Waals surface area contributed by atoms with Crippen LogP contribution in [0.4, 0.5) is 0 Å². The molecule has 4 heteroatoms. The van der Waals surface area contributed by atoms with Gasteiger partial charge in [0.1, 0.15) is 0 Å². The summed E-state index contributed by atoms with van der Waals surface area (Å²) in [5.74, 6) is 0.171. The molecule has 0 aromatic heterocycles. The van der Waals surface area contributed by atoms with Gasteiger partial charge in [0.25, 0.3) is 0 Å². The standard InChI is InChI=1S/C14H19BrN2O/c1-2-13(10-3-5-11(15)6-4-10)17-12-7-8-14(18)16-9-12/h3-6,12-13,17H,2,7-9H2,1H3,(H,16,18). The molecule has 2 atom stereocenters. The number of hydrogen-bond acceptors (Lipinski definition) is 2. The van der Waals surface area contributed by atoms with E-state index in [0.29, 0.717) is 18.5 Å². The van der Waals surface area contributed by atoms with Crippen LogP contribution in [0.2, 0.25) is 0 Å². The van der Waals surface area contributed by atoms with Crippen molar-refractivity contribution >= 4 is 21.8 Å². The molecule has 0 aliphatic carbocycles. The van der Waals surface area contributed by atoms with Crippen molar-refractivity contribution in [3.63, 3.8) is 0 Å². The third-order valence-electron chi connectivity index (χ3n) is 3.38. The predicted octanol–water partition coefficient (Wildman–Crippen LogP) is 2.77. The molecule has 1 heterocycles. The quantitative estimate of drug-likeness (QED) is 0.898. The zero-order chi connectivity index (χ0) is 13.0. The van der Waals surface area contributed by atoms with Gasteiger partial charge in [0.2, 0.25) is 5.91 Å². The molecule has 18 heavy (non-hydrogen) atoms. The Morgan fingerprint density at radius 3 is 2.72 bits per heavy atom. The number of hydrogen-bond donors (Lipinski definition) is 2. The van der Waals surface area contributed by atoms with Crippen LogP contribution >= 0.6 is 15.9 Å². The Hall–Kier alpha value is -0.870. The molecular formula is C14H19BrN2O. The van der Waals surface area contributed by atoms with E-state index in [1.165, 1.54) is 5.56 Å². The van der Waals surface area contributed by atoms with Crippen LogP contribution in [-0.2, 0) is 4.79 Å². The van der Waals surface area contributed by atoms with E-state index in [1.54, 1.807) is 0 Å². The summed E-state index contributed by atoms with van der Waals surface area (Å²) in [5.41, 5.74) is 1.30. The number of piperidine rings is 1. The van der Waals surface area contributed by atoms with E-state index in [0.717, 1.165) is 23.9 Å². The van der Waals surface area contributed by atoms with Crippen LogP contribution in [0, 0.1) is 0 Å². The zero-order valence-corrected chi connectivity index (χ0v) is 12.2. The fourth-order valence-electron chi connectivity index (χ4n) is 2.30. The highest BCUT2D eigenvalue weighted by atomic mass is 79.9. The monoisotopic (exact) mass is 310 g/mol. The topological polar surface area (TPSA) is 41.1 Å². The molecule has 2 unspecified atom stereocenters. The summed E-state index contributed by atoms with van der Waals surface area (Å²) in [6.07, 6.45) is 2.61. The van der Waals surface area contributed by atoms with Gasteiger partial charge in [-0.3, -0.25) is 4.79 Å². The second-order valence-corrected chi connectivity index (χ2v) is 5.63. The molecule has 1 aliphatic rings. The fraction of sp³-hybridized carbons (Fsp3) is 0.500. The van der Waals surface area contributed by atoms with Crippen molar-refractivity contribution in [3.8, 4) is 0 Å². The Kier molecular flexibility index (Phi) is 4.78. The lowest BCUT2D eigenvalue weighted by molar-refractivity contribution is -0.122. The maximum atomic E-state index is 11.1. The van der Waals surface area contributed by atoms with Crippen molar-refractivity contribution in [2.75, 3.05) is 6.54 Å². The normalized spacial score (nSPS) is 21.4. The smallest absolute Gasteiger partial charge is 0.220 e. The van der Waals surface area contributed by atoms with E-state index >= 15 is 0 Å². The molecule has 1 aliphatic heterocycles. The summed E-state index contributed by atoms with van der Waals surface area (Å²) in [6, 6.07) is 9.18. The van der Waals surface area contributed by atoms with E-state index in [2.05, 4.69) is 57.8 Å². The molecule has 3 nitrogen and oxygen atoms in total. The predicted molar refractivity (Wildman–Crippen MR) is 76.3 cm³/mol. The third-order valence-corrected chi connectivity index (χ3v) is 3.91. The van der Waals surface area contributed by atoms with Crippen molar-refractivity contribution in [1.29, 1.82) is 0 Å². The average Bonchev–Trinajstić information content (AvgIpc) is 2.39. The number of halogens is 1. The number of carbonyl (C=O) groups is 1. The van der Waals surface area contributed by atoms with Gasteiger partial charge in [-0.2, -0.15) is 0 Å². The molecule has 1 fully saturated rings. The van der Waals surface area contributed by atoms with E-state index in [1.807, 2.05) is 0 Å². The van der Waals surface area contributed by atoms with E-state index in [9.17, 15) is 4.79 Å². The first kappa shape index (κ1) is 13.6. The van der Waals surface area contributed by atoms with Crippen molar-refractivity contribution in [2.45, 2.75) is 38.3 Å². The lowest BCUT2D eigenvalue weighted by atomic mass is 10.0. The highest BCUT2D eigenvalue weighted by molar-refractivity contribution is 9.10. The minimum Gasteiger partial charge on any atom is -0.355 e. The van der Waals surface area contributed by atoms with Gasteiger partial charge in [-0.1, -0.05) is 35.0 Å². The van der Waals surface area contributed by atoms with Crippen molar-refractivity contribution in [3.05, 3.63) is 34.3 Å². The third kappa shape index (κ3) is 3.56. The molecule has 1 saturated heterocycles. The van der Waals surface area contributed by atoms with Crippen molar-refractivity contribution in [1.82, 2.24) is 10.6 Å². The molecule has 1 aromatic rings. The van der Waals surface area contributed by atoms with Crippen LogP contribution < -0.4 is 10.6 Å². The number of carbonyl (C=O) groups excluding carboxylic acids is 1. The molecule has 98 valence electrons. The van der Waals surface area contributed by atoms with Gasteiger partial charge in [-0.15, -0.1) is 0 Å². The molecule has 0 spiro atoms. The minimum absolute atomic E-state index is 0.171. The zero-order valence-electron chi connectivity index (χ0n) is 10.6. The highest BCUT2D eigenvalue weighted by Crippen LogP contribution is 2.21. The Labute approximate surface area is 116 Å². The van der Waals surface area contributed by atoms with Crippen LogP contribution in [-0.4, -0.2) is 18.5 Å². The summed E-state index contributed by atoms with van der Waals surface area (Å²) < 4.78 is 1.10. The van der Waals surface area contributed by atoms with Gasteiger partial charge < -0.3 is 10.6 Å². The lowest BCUT2D eigenvalue weighted by Gasteiger charge is -2.28. The van der Waals surface area contributed by atoms with E-state index in [4.69, 9.17) is 0 Å².